The molecule has 10 heteroatoms. The van der Waals surface area contributed by atoms with Crippen LogP contribution in [0.1, 0.15) is 39.7 Å². The smallest absolute Gasteiger partial charge is 0.264 e. The van der Waals surface area contributed by atoms with Crippen molar-refractivity contribution in [2.45, 2.75) is 62.4 Å². The number of nitrogens with one attached hydrogen (secondary N) is 1. The number of thioether (sulfide) groups is 1. The molecule has 0 bridgehead atoms. The monoisotopic (exact) mass is 611 g/mol. The summed E-state index contributed by atoms with van der Waals surface area (Å²) in [5.74, 6) is -0.439. The zero-order valence-electron chi connectivity index (χ0n) is 24.9. The van der Waals surface area contributed by atoms with Gasteiger partial charge in [-0.2, -0.15) is 0 Å². The Kier molecular flexibility index (Phi) is 12.3. The maximum atomic E-state index is 14.1. The molecule has 0 saturated heterocycles. The Hall–Kier alpha value is -3.50. The first-order valence-corrected chi connectivity index (χ1v) is 16.8. The fourth-order valence-electron chi connectivity index (χ4n) is 4.36. The number of nitrogens with zero attached hydrogens (tertiary/aromatic N) is 2. The van der Waals surface area contributed by atoms with E-state index in [0.29, 0.717) is 18.8 Å². The highest BCUT2D eigenvalue weighted by molar-refractivity contribution is 7.98. The Balaban J connectivity index is 2.03. The van der Waals surface area contributed by atoms with Crippen LogP contribution in [0.3, 0.4) is 0 Å². The zero-order chi connectivity index (χ0) is 30.7. The van der Waals surface area contributed by atoms with Gasteiger partial charge in [-0.1, -0.05) is 49.4 Å². The van der Waals surface area contributed by atoms with Crippen molar-refractivity contribution in [2.24, 2.45) is 0 Å². The highest BCUT2D eigenvalue weighted by Crippen LogP contribution is 2.33. The number of amides is 2. The third kappa shape index (κ3) is 8.51. The summed E-state index contributed by atoms with van der Waals surface area (Å²) in [6.07, 6.45) is 3.16. The molecule has 226 valence electrons. The fraction of sp³-hybridized carbons (Fsp3) is 0.375. The predicted octanol–water partition coefficient (Wildman–Crippen LogP) is 5.38. The summed E-state index contributed by atoms with van der Waals surface area (Å²) in [7, 11) is -4.19. The van der Waals surface area contributed by atoms with Crippen molar-refractivity contribution in [2.75, 3.05) is 30.3 Å². The summed E-state index contributed by atoms with van der Waals surface area (Å²) in [5, 5.41) is 2.95. The van der Waals surface area contributed by atoms with Crippen LogP contribution in [0.4, 0.5) is 5.69 Å². The third-order valence-electron chi connectivity index (χ3n) is 7.01. The van der Waals surface area contributed by atoms with E-state index in [1.165, 1.54) is 28.8 Å². The highest BCUT2D eigenvalue weighted by atomic mass is 32.2. The molecule has 0 aliphatic rings. The number of carbonyl (C=O) groups excluding carboxylic acids is 2. The topological polar surface area (TPSA) is 96.0 Å². The summed E-state index contributed by atoms with van der Waals surface area (Å²) in [6, 6.07) is 22.1. The zero-order valence-corrected chi connectivity index (χ0v) is 26.6. The second-order valence-corrected chi connectivity index (χ2v) is 12.6. The molecule has 3 rings (SSSR count). The molecule has 0 fully saturated rings. The Morgan fingerprint density at radius 2 is 1.57 bits per heavy atom. The van der Waals surface area contributed by atoms with Gasteiger partial charge in [0.2, 0.25) is 11.8 Å². The number of carbonyl (C=O) groups is 2. The molecule has 0 spiro atoms. The number of ether oxygens (including phenoxy) is 1. The van der Waals surface area contributed by atoms with Gasteiger partial charge in [0, 0.05) is 17.5 Å². The van der Waals surface area contributed by atoms with Crippen molar-refractivity contribution in [3.8, 4) is 5.75 Å². The summed E-state index contributed by atoms with van der Waals surface area (Å²) in [6.45, 7) is 7.41. The first kappa shape index (κ1) is 33.0. The molecular formula is C32H41N3O5S2. The number of hydrogen-bond acceptors (Lipinski definition) is 6. The second-order valence-electron chi connectivity index (χ2n) is 9.90. The summed E-state index contributed by atoms with van der Waals surface area (Å²) >= 11 is 1.50. The number of benzene rings is 3. The Morgan fingerprint density at radius 1 is 0.929 bits per heavy atom. The lowest BCUT2D eigenvalue weighted by Crippen LogP contribution is -2.53. The van der Waals surface area contributed by atoms with E-state index < -0.39 is 28.5 Å². The predicted molar refractivity (Wildman–Crippen MR) is 170 cm³/mol. The minimum Gasteiger partial charge on any atom is -0.492 e. The average molecular weight is 612 g/mol. The number of sulfonamides is 1. The number of hydrogen-bond donors (Lipinski definition) is 1. The molecule has 0 aromatic heterocycles. The van der Waals surface area contributed by atoms with Gasteiger partial charge in [-0.05, 0) is 81.8 Å². The van der Waals surface area contributed by atoms with Crippen LogP contribution < -0.4 is 14.4 Å². The van der Waals surface area contributed by atoms with Crippen molar-refractivity contribution in [1.82, 2.24) is 10.2 Å². The minimum atomic E-state index is -4.19. The average Bonchev–Trinajstić information content (AvgIpc) is 3.00. The van der Waals surface area contributed by atoms with Crippen LogP contribution in [0.25, 0.3) is 0 Å². The van der Waals surface area contributed by atoms with Gasteiger partial charge in [-0.25, -0.2) is 8.42 Å². The molecule has 0 heterocycles. The van der Waals surface area contributed by atoms with Gasteiger partial charge in [0.25, 0.3) is 10.0 Å². The highest BCUT2D eigenvalue weighted by Gasteiger charge is 2.33. The van der Waals surface area contributed by atoms with Crippen molar-refractivity contribution in [3.05, 3.63) is 84.4 Å². The van der Waals surface area contributed by atoms with Gasteiger partial charge < -0.3 is 15.0 Å². The standard InChI is InChI=1S/C32H41N3O5S2/c1-6-24(3)33-32(37)25(4)34(22-21-26-13-9-8-10-14-26)31(36)23-35(29-15-11-12-16-30(29)40-7-2)42(38,39)28-19-17-27(41-5)18-20-28/h8-20,24-25H,6-7,21-23H2,1-5H3,(H,33,37). The van der Waals surface area contributed by atoms with E-state index in [1.807, 2.05) is 57.4 Å². The van der Waals surface area contributed by atoms with Crippen LogP contribution in [-0.4, -0.2) is 63.2 Å². The van der Waals surface area contributed by atoms with Crippen LogP contribution in [0, 0.1) is 0 Å². The van der Waals surface area contributed by atoms with E-state index in [0.717, 1.165) is 21.2 Å². The first-order chi connectivity index (χ1) is 20.1. The first-order valence-electron chi connectivity index (χ1n) is 14.1. The summed E-state index contributed by atoms with van der Waals surface area (Å²) in [5.41, 5.74) is 1.26. The fourth-order valence-corrected chi connectivity index (χ4v) is 6.20. The van der Waals surface area contributed by atoms with Crippen molar-refractivity contribution >= 4 is 39.3 Å². The van der Waals surface area contributed by atoms with Gasteiger partial charge in [-0.3, -0.25) is 13.9 Å². The molecule has 0 aliphatic carbocycles. The van der Waals surface area contributed by atoms with Crippen LogP contribution in [0.5, 0.6) is 5.75 Å². The van der Waals surface area contributed by atoms with E-state index in [4.69, 9.17) is 4.74 Å². The molecule has 2 atom stereocenters. The molecule has 3 aromatic carbocycles. The summed E-state index contributed by atoms with van der Waals surface area (Å²) < 4.78 is 35.1. The lowest BCUT2D eigenvalue weighted by Gasteiger charge is -2.33. The summed E-state index contributed by atoms with van der Waals surface area (Å²) in [4.78, 5) is 29.7. The maximum Gasteiger partial charge on any atom is 0.264 e. The maximum absolute atomic E-state index is 14.1. The largest absolute Gasteiger partial charge is 0.492 e. The number of anilines is 1. The third-order valence-corrected chi connectivity index (χ3v) is 9.53. The molecule has 0 radical (unpaired) electrons. The Labute approximate surface area is 254 Å². The quantitative estimate of drug-likeness (QED) is 0.232. The van der Waals surface area contributed by atoms with Crippen LogP contribution >= 0.6 is 11.8 Å². The van der Waals surface area contributed by atoms with Gasteiger partial charge in [0.05, 0.1) is 17.2 Å². The van der Waals surface area contributed by atoms with E-state index in [9.17, 15) is 18.0 Å². The molecule has 1 N–H and O–H groups in total. The minimum absolute atomic E-state index is 0.0535. The molecule has 0 aliphatic heterocycles. The van der Waals surface area contributed by atoms with E-state index >= 15 is 0 Å². The molecule has 3 aromatic rings. The van der Waals surface area contributed by atoms with E-state index in [1.54, 1.807) is 43.3 Å². The SMILES string of the molecule is CCOc1ccccc1N(CC(=O)N(CCc1ccccc1)C(C)C(=O)NC(C)CC)S(=O)(=O)c1ccc(SC)cc1. The molecule has 0 saturated carbocycles. The Morgan fingerprint density at radius 3 is 2.19 bits per heavy atom. The van der Waals surface area contributed by atoms with E-state index in [2.05, 4.69) is 5.32 Å². The molecule has 2 unspecified atom stereocenters. The van der Waals surface area contributed by atoms with Gasteiger partial charge in [-0.15, -0.1) is 11.8 Å². The normalized spacial score (nSPS) is 12.7. The van der Waals surface area contributed by atoms with Gasteiger partial charge in [0.1, 0.15) is 18.3 Å². The molecule has 2 amide bonds. The van der Waals surface area contributed by atoms with Crippen LogP contribution in [0.2, 0.25) is 0 Å². The lowest BCUT2D eigenvalue weighted by atomic mass is 10.1. The molecule has 42 heavy (non-hydrogen) atoms. The molecular weight excluding hydrogens is 571 g/mol. The Bertz CT molecular complexity index is 1420. The van der Waals surface area contributed by atoms with Crippen molar-refractivity contribution in [1.29, 1.82) is 0 Å². The van der Waals surface area contributed by atoms with Crippen LogP contribution in [-0.2, 0) is 26.0 Å². The van der Waals surface area contributed by atoms with Gasteiger partial charge >= 0.3 is 0 Å². The lowest BCUT2D eigenvalue weighted by molar-refractivity contribution is -0.139. The number of rotatable bonds is 15. The van der Waals surface area contributed by atoms with Crippen molar-refractivity contribution < 1.29 is 22.7 Å². The van der Waals surface area contributed by atoms with Crippen molar-refractivity contribution in [3.63, 3.8) is 0 Å². The van der Waals surface area contributed by atoms with Crippen LogP contribution in [0.15, 0.2) is 88.7 Å². The number of para-hydroxylation sites is 2. The second kappa shape index (κ2) is 15.7. The van der Waals surface area contributed by atoms with Gasteiger partial charge in [0.15, 0.2) is 0 Å². The van der Waals surface area contributed by atoms with E-state index in [-0.39, 0.29) is 29.1 Å². The molecule has 8 nitrogen and oxygen atoms in total.